The van der Waals surface area contributed by atoms with Crippen molar-refractivity contribution in [3.63, 3.8) is 0 Å². The molecule has 0 saturated heterocycles. The van der Waals surface area contributed by atoms with E-state index in [-0.39, 0.29) is 18.4 Å². The van der Waals surface area contributed by atoms with Crippen LogP contribution in [0, 0.1) is 13.8 Å². The molecule has 0 aliphatic heterocycles. The number of rotatable bonds is 7. The van der Waals surface area contributed by atoms with Crippen LogP contribution in [-0.4, -0.2) is 48.3 Å². The van der Waals surface area contributed by atoms with Crippen molar-refractivity contribution in [1.82, 2.24) is 29.4 Å². The maximum atomic E-state index is 12.7. The van der Waals surface area contributed by atoms with Crippen molar-refractivity contribution in [2.75, 3.05) is 12.4 Å². The number of nitrogens with one attached hydrogen (secondary N) is 1. The zero-order chi connectivity index (χ0) is 23.4. The lowest BCUT2D eigenvalue weighted by atomic mass is 10.2. The molecule has 2 amide bonds. The fourth-order valence-electron chi connectivity index (χ4n) is 3.50. The number of pyridine rings is 1. The third-order valence-electron chi connectivity index (χ3n) is 5.10. The number of nitrogens with zero attached hydrogens (tertiary/aromatic N) is 6. The van der Waals surface area contributed by atoms with Gasteiger partial charge in [0.05, 0.1) is 23.3 Å². The lowest BCUT2D eigenvalue weighted by Gasteiger charge is -2.18. The van der Waals surface area contributed by atoms with E-state index >= 15 is 0 Å². The Morgan fingerprint density at radius 3 is 2.67 bits per heavy atom. The molecule has 4 rings (SSSR count). The molecule has 1 N–H and O–H groups in total. The number of likely N-dealkylation sites (N-methyl/N-ethyl adjacent to an activating group) is 1. The molecule has 33 heavy (non-hydrogen) atoms. The van der Waals surface area contributed by atoms with E-state index in [4.69, 9.17) is 0 Å². The van der Waals surface area contributed by atoms with Crippen LogP contribution in [0.25, 0.3) is 5.69 Å². The molecule has 0 atom stereocenters. The highest BCUT2D eigenvalue weighted by molar-refractivity contribution is 6.02. The summed E-state index contributed by atoms with van der Waals surface area (Å²) in [5, 5.41) is 11.4. The summed E-state index contributed by atoms with van der Waals surface area (Å²) in [7, 11) is 1.76. The zero-order valence-corrected chi connectivity index (χ0v) is 18.8. The standard InChI is InChI=1S/C24H25N7O2/c1-17-11-18(2)31(28-17)21-8-6-7-19(12-21)14-29(3)23(32)16-30-15-20(13-26-30)27-24(33)22-9-4-5-10-25-22/h4-13,15H,14,16H2,1-3H3,(H,27,33). The van der Waals surface area contributed by atoms with Crippen LogP contribution in [-0.2, 0) is 17.9 Å². The van der Waals surface area contributed by atoms with Crippen LogP contribution in [0.2, 0.25) is 0 Å². The molecule has 0 saturated carbocycles. The van der Waals surface area contributed by atoms with E-state index in [2.05, 4.69) is 20.5 Å². The molecule has 3 aromatic heterocycles. The molecular weight excluding hydrogens is 418 g/mol. The fraction of sp³-hybridized carbons (Fsp3) is 0.208. The van der Waals surface area contributed by atoms with Crippen LogP contribution < -0.4 is 5.32 Å². The van der Waals surface area contributed by atoms with Gasteiger partial charge in [0, 0.05) is 31.7 Å². The second kappa shape index (κ2) is 9.47. The second-order valence-corrected chi connectivity index (χ2v) is 7.85. The molecule has 0 aliphatic carbocycles. The van der Waals surface area contributed by atoms with Crippen LogP contribution in [0.4, 0.5) is 5.69 Å². The normalized spacial score (nSPS) is 10.8. The van der Waals surface area contributed by atoms with Gasteiger partial charge in [-0.2, -0.15) is 10.2 Å². The molecule has 1 aromatic carbocycles. The average molecular weight is 444 g/mol. The molecule has 0 aliphatic rings. The minimum Gasteiger partial charge on any atom is -0.340 e. The molecule has 0 fully saturated rings. The predicted molar refractivity (Wildman–Crippen MR) is 124 cm³/mol. The van der Waals surface area contributed by atoms with Gasteiger partial charge in [0.1, 0.15) is 12.2 Å². The Bertz CT molecular complexity index is 1280. The van der Waals surface area contributed by atoms with Crippen molar-refractivity contribution in [1.29, 1.82) is 0 Å². The minimum absolute atomic E-state index is 0.0626. The highest BCUT2D eigenvalue weighted by atomic mass is 16.2. The fourth-order valence-corrected chi connectivity index (χ4v) is 3.50. The third kappa shape index (κ3) is 5.32. The van der Waals surface area contributed by atoms with E-state index in [1.165, 1.54) is 10.9 Å². The maximum Gasteiger partial charge on any atom is 0.274 e. The van der Waals surface area contributed by atoms with E-state index in [1.54, 1.807) is 42.5 Å². The van der Waals surface area contributed by atoms with Gasteiger partial charge in [-0.15, -0.1) is 0 Å². The number of hydrogen-bond donors (Lipinski definition) is 1. The van der Waals surface area contributed by atoms with Gasteiger partial charge in [-0.1, -0.05) is 18.2 Å². The van der Waals surface area contributed by atoms with Crippen molar-refractivity contribution in [2.24, 2.45) is 0 Å². The smallest absolute Gasteiger partial charge is 0.274 e. The first-order chi connectivity index (χ1) is 15.9. The van der Waals surface area contributed by atoms with Crippen LogP contribution in [0.5, 0.6) is 0 Å². The van der Waals surface area contributed by atoms with Gasteiger partial charge in [0.2, 0.25) is 5.91 Å². The molecule has 4 aromatic rings. The molecule has 0 bridgehead atoms. The largest absolute Gasteiger partial charge is 0.340 e. The summed E-state index contributed by atoms with van der Waals surface area (Å²) in [6.07, 6.45) is 4.68. The second-order valence-electron chi connectivity index (χ2n) is 7.85. The van der Waals surface area contributed by atoms with Gasteiger partial charge in [0.25, 0.3) is 5.91 Å². The van der Waals surface area contributed by atoms with Crippen LogP contribution in [0.1, 0.15) is 27.4 Å². The first kappa shape index (κ1) is 21.9. The molecule has 9 heteroatoms. The summed E-state index contributed by atoms with van der Waals surface area (Å²) in [5.74, 6) is -0.432. The number of amides is 2. The predicted octanol–water partition coefficient (Wildman–Crippen LogP) is 2.99. The molecule has 0 unspecified atom stereocenters. The van der Waals surface area contributed by atoms with Gasteiger partial charge < -0.3 is 10.2 Å². The van der Waals surface area contributed by atoms with Crippen molar-refractivity contribution in [2.45, 2.75) is 26.9 Å². The number of aromatic nitrogens is 5. The topological polar surface area (TPSA) is 97.9 Å². The summed E-state index contributed by atoms with van der Waals surface area (Å²) in [5.41, 5.74) is 4.78. The molecule has 9 nitrogen and oxygen atoms in total. The summed E-state index contributed by atoms with van der Waals surface area (Å²) < 4.78 is 3.39. The Morgan fingerprint density at radius 2 is 1.94 bits per heavy atom. The Labute approximate surface area is 191 Å². The molecule has 168 valence electrons. The number of benzene rings is 1. The lowest BCUT2D eigenvalue weighted by Crippen LogP contribution is -2.30. The van der Waals surface area contributed by atoms with Crippen molar-refractivity contribution in [3.8, 4) is 5.69 Å². The Balaban J connectivity index is 1.36. The Hall–Kier alpha value is -4.27. The average Bonchev–Trinajstić information content (AvgIpc) is 3.39. The number of carbonyl (C=O) groups is 2. The van der Waals surface area contributed by atoms with Crippen molar-refractivity contribution in [3.05, 3.63) is 89.8 Å². The Kier molecular flexibility index (Phi) is 6.30. The first-order valence-electron chi connectivity index (χ1n) is 10.5. The van der Waals surface area contributed by atoms with Gasteiger partial charge in [-0.3, -0.25) is 19.3 Å². The SMILES string of the molecule is Cc1cc(C)n(-c2cccc(CN(C)C(=O)Cn3cc(NC(=O)c4ccccn4)cn3)c2)n1. The molecule has 3 heterocycles. The van der Waals surface area contributed by atoms with Crippen molar-refractivity contribution >= 4 is 17.5 Å². The van der Waals surface area contributed by atoms with Crippen molar-refractivity contribution < 1.29 is 9.59 Å². The van der Waals surface area contributed by atoms with Crippen LogP contribution in [0.3, 0.4) is 0 Å². The van der Waals surface area contributed by atoms with E-state index in [0.717, 1.165) is 22.6 Å². The van der Waals surface area contributed by atoms with Crippen LogP contribution >= 0.6 is 0 Å². The van der Waals surface area contributed by atoms with E-state index in [1.807, 2.05) is 48.9 Å². The van der Waals surface area contributed by atoms with Gasteiger partial charge in [0.15, 0.2) is 0 Å². The van der Waals surface area contributed by atoms with Gasteiger partial charge in [-0.05, 0) is 49.7 Å². The van der Waals surface area contributed by atoms with E-state index in [9.17, 15) is 9.59 Å². The summed E-state index contributed by atoms with van der Waals surface area (Å²) in [6, 6.07) is 15.1. The van der Waals surface area contributed by atoms with Crippen LogP contribution in [0.15, 0.2) is 67.1 Å². The summed E-state index contributed by atoms with van der Waals surface area (Å²) in [6.45, 7) is 4.49. The summed E-state index contributed by atoms with van der Waals surface area (Å²) >= 11 is 0. The quantitative estimate of drug-likeness (QED) is 0.474. The van der Waals surface area contributed by atoms with E-state index in [0.29, 0.717) is 17.9 Å². The number of aryl methyl sites for hydroxylation is 2. The zero-order valence-electron chi connectivity index (χ0n) is 18.8. The van der Waals surface area contributed by atoms with E-state index < -0.39 is 0 Å². The number of hydrogen-bond acceptors (Lipinski definition) is 5. The highest BCUT2D eigenvalue weighted by Gasteiger charge is 2.13. The first-order valence-corrected chi connectivity index (χ1v) is 10.5. The number of carbonyl (C=O) groups excluding carboxylic acids is 2. The highest BCUT2D eigenvalue weighted by Crippen LogP contribution is 2.15. The molecule has 0 spiro atoms. The summed E-state index contributed by atoms with van der Waals surface area (Å²) in [4.78, 5) is 30.6. The van der Waals surface area contributed by atoms with Gasteiger partial charge >= 0.3 is 0 Å². The lowest BCUT2D eigenvalue weighted by molar-refractivity contribution is -0.131. The molecule has 0 radical (unpaired) electrons. The molecular formula is C24H25N7O2. The number of anilines is 1. The Morgan fingerprint density at radius 1 is 1.09 bits per heavy atom. The maximum absolute atomic E-state index is 12.7. The van der Waals surface area contributed by atoms with Gasteiger partial charge in [-0.25, -0.2) is 4.68 Å². The monoisotopic (exact) mass is 443 g/mol. The minimum atomic E-state index is -0.332. The third-order valence-corrected chi connectivity index (χ3v) is 5.10.